The van der Waals surface area contributed by atoms with Gasteiger partial charge in [-0.1, -0.05) is 152 Å². The largest absolute Gasteiger partial charge is 0.463 e. The minimum atomic E-state index is -1.15. The molecule has 4 atom stereocenters. The second-order valence-corrected chi connectivity index (χ2v) is 15.1. The third-order valence-corrected chi connectivity index (χ3v) is 11.0. The summed E-state index contributed by atoms with van der Waals surface area (Å²) in [5.74, 6) is -1.80. The number of carbonyl (C=O) groups is 3. The summed E-state index contributed by atoms with van der Waals surface area (Å²) in [7, 11) is 0. The predicted octanol–water partition coefficient (Wildman–Crippen LogP) is 10.2. The normalized spacial score (nSPS) is 17.0. The molecule has 1 saturated heterocycles. The van der Waals surface area contributed by atoms with Crippen molar-refractivity contribution in [2.45, 2.75) is 45.3 Å². The highest BCUT2D eigenvalue weighted by atomic mass is 16.7. The topological polar surface area (TPSA) is 132 Å². The third kappa shape index (κ3) is 7.97. The second kappa shape index (κ2) is 17.7. The third-order valence-electron chi connectivity index (χ3n) is 11.0. The first-order chi connectivity index (χ1) is 30.8. The van der Waals surface area contributed by atoms with Gasteiger partial charge in [-0.15, -0.1) is 0 Å². The summed E-state index contributed by atoms with van der Waals surface area (Å²) in [4.78, 5) is 51.9. The molecule has 8 aromatic rings. The van der Waals surface area contributed by atoms with Crippen LogP contribution in [0.1, 0.15) is 27.0 Å². The molecule has 6 aromatic carbocycles. The number of fused-ring (bicyclic) bond motifs is 1. The standard InChI is InChI=1S/C52H42N4O7/c1-32(57)60-29-40-49(61-33(2)58)50(62-34(3)59)52(63-40)56-31-55-48-47(53-30-54-51(48)56)46-44(38-25-15-7-16-26-38)42(36-21-11-5-12-22-36)41(35-19-9-4-10-20-35)43(37-23-13-6-14-24-37)45(46)39-27-17-8-18-28-39/h4-28,30-31,40,49-50,52H,29H2,1-3H3/t40-,49-,50-,52-/m1/s1. The van der Waals surface area contributed by atoms with Crippen molar-refractivity contribution in [1.82, 2.24) is 19.5 Å². The number of hydrogen-bond acceptors (Lipinski definition) is 10. The number of ether oxygens (including phenoxy) is 4. The maximum Gasteiger partial charge on any atom is 0.303 e. The zero-order chi connectivity index (χ0) is 43.5. The van der Waals surface area contributed by atoms with Crippen LogP contribution in [0.3, 0.4) is 0 Å². The number of nitrogens with zero attached hydrogens (tertiary/aromatic N) is 4. The fraction of sp³-hybridized carbons (Fsp3) is 0.154. The van der Waals surface area contributed by atoms with Gasteiger partial charge in [0.2, 0.25) is 0 Å². The van der Waals surface area contributed by atoms with Crippen LogP contribution in [0, 0.1) is 0 Å². The van der Waals surface area contributed by atoms with E-state index >= 15 is 0 Å². The minimum Gasteiger partial charge on any atom is -0.463 e. The number of aromatic nitrogens is 4. The molecule has 63 heavy (non-hydrogen) atoms. The van der Waals surface area contributed by atoms with Crippen molar-refractivity contribution < 1.29 is 33.3 Å². The number of imidazole rings is 1. The molecule has 2 aromatic heterocycles. The average molecular weight is 835 g/mol. The fourth-order valence-electron chi connectivity index (χ4n) is 8.59. The van der Waals surface area contributed by atoms with Gasteiger partial charge < -0.3 is 18.9 Å². The van der Waals surface area contributed by atoms with E-state index < -0.39 is 42.4 Å². The summed E-state index contributed by atoms with van der Waals surface area (Å²) in [6.07, 6.45) is -1.29. The lowest BCUT2D eigenvalue weighted by atomic mass is 9.75. The molecule has 0 bridgehead atoms. The number of carbonyl (C=O) groups excluding carboxylic acids is 3. The fourth-order valence-corrected chi connectivity index (χ4v) is 8.59. The van der Waals surface area contributed by atoms with Crippen molar-refractivity contribution in [3.8, 4) is 66.9 Å². The van der Waals surface area contributed by atoms with Crippen LogP contribution in [0.2, 0.25) is 0 Å². The Kier molecular flexibility index (Phi) is 11.4. The van der Waals surface area contributed by atoms with Gasteiger partial charge in [-0.25, -0.2) is 15.0 Å². The number of rotatable bonds is 11. The predicted molar refractivity (Wildman–Crippen MR) is 240 cm³/mol. The Balaban J connectivity index is 1.41. The van der Waals surface area contributed by atoms with Crippen LogP contribution in [0.5, 0.6) is 0 Å². The Bertz CT molecular complexity index is 2820. The van der Waals surface area contributed by atoms with Crippen LogP contribution in [0.15, 0.2) is 164 Å². The quantitative estimate of drug-likeness (QED) is 0.0916. The molecule has 1 fully saturated rings. The molecule has 0 amide bonds. The van der Waals surface area contributed by atoms with Gasteiger partial charge in [0, 0.05) is 37.5 Å². The molecule has 3 heterocycles. The van der Waals surface area contributed by atoms with E-state index in [4.69, 9.17) is 33.9 Å². The molecule has 11 heteroatoms. The number of esters is 3. The van der Waals surface area contributed by atoms with E-state index in [-0.39, 0.29) is 6.61 Å². The summed E-state index contributed by atoms with van der Waals surface area (Å²) < 4.78 is 25.0. The Hall–Kier alpha value is -7.76. The molecule has 0 spiro atoms. The first kappa shape index (κ1) is 40.6. The summed E-state index contributed by atoms with van der Waals surface area (Å²) in [6, 6.07) is 51.8. The number of benzene rings is 6. The maximum atomic E-state index is 12.6. The summed E-state index contributed by atoms with van der Waals surface area (Å²) in [6.45, 7) is 3.52. The van der Waals surface area contributed by atoms with Crippen LogP contribution in [-0.4, -0.2) is 62.3 Å². The van der Waals surface area contributed by atoms with Crippen LogP contribution < -0.4 is 0 Å². The van der Waals surface area contributed by atoms with Gasteiger partial charge in [-0.2, -0.15) is 0 Å². The molecule has 0 radical (unpaired) electrons. The van der Waals surface area contributed by atoms with Gasteiger partial charge in [0.25, 0.3) is 0 Å². The molecule has 0 aliphatic carbocycles. The van der Waals surface area contributed by atoms with Crippen molar-refractivity contribution in [3.63, 3.8) is 0 Å². The van der Waals surface area contributed by atoms with E-state index in [2.05, 4.69) is 97.1 Å². The lowest BCUT2D eigenvalue weighted by molar-refractivity contribution is -0.166. The molecular formula is C52H42N4O7. The Morgan fingerprint density at radius 2 is 0.905 bits per heavy atom. The minimum absolute atomic E-state index is 0.256. The van der Waals surface area contributed by atoms with E-state index in [0.29, 0.717) is 16.9 Å². The van der Waals surface area contributed by atoms with E-state index in [1.54, 1.807) is 10.9 Å². The van der Waals surface area contributed by atoms with Gasteiger partial charge in [0.1, 0.15) is 30.2 Å². The van der Waals surface area contributed by atoms with Crippen molar-refractivity contribution in [2.75, 3.05) is 6.61 Å². The molecule has 312 valence electrons. The van der Waals surface area contributed by atoms with Crippen molar-refractivity contribution in [3.05, 3.63) is 164 Å². The first-order valence-electron chi connectivity index (χ1n) is 20.6. The van der Waals surface area contributed by atoms with Crippen molar-refractivity contribution >= 4 is 29.1 Å². The lowest BCUT2D eigenvalue weighted by Crippen LogP contribution is -2.40. The molecule has 11 nitrogen and oxygen atoms in total. The van der Waals surface area contributed by atoms with Crippen LogP contribution >= 0.6 is 0 Å². The monoisotopic (exact) mass is 834 g/mol. The summed E-state index contributed by atoms with van der Waals surface area (Å²) >= 11 is 0. The first-order valence-corrected chi connectivity index (χ1v) is 20.6. The number of hydrogen-bond donors (Lipinski definition) is 0. The lowest BCUT2D eigenvalue weighted by Gasteiger charge is -2.28. The van der Waals surface area contributed by atoms with Crippen molar-refractivity contribution in [2.24, 2.45) is 0 Å². The molecule has 0 unspecified atom stereocenters. The van der Waals surface area contributed by atoms with Gasteiger partial charge in [0.15, 0.2) is 24.1 Å². The van der Waals surface area contributed by atoms with Gasteiger partial charge in [-0.3, -0.25) is 19.0 Å². The van der Waals surface area contributed by atoms with E-state index in [0.717, 1.165) is 61.2 Å². The zero-order valence-corrected chi connectivity index (χ0v) is 34.8. The zero-order valence-electron chi connectivity index (χ0n) is 34.8. The smallest absolute Gasteiger partial charge is 0.303 e. The second-order valence-electron chi connectivity index (χ2n) is 15.1. The summed E-state index contributed by atoms with van der Waals surface area (Å²) in [5.41, 5.74) is 12.0. The van der Waals surface area contributed by atoms with Crippen LogP contribution in [0.25, 0.3) is 78.1 Å². The summed E-state index contributed by atoms with van der Waals surface area (Å²) in [5, 5.41) is 0. The maximum absolute atomic E-state index is 12.6. The molecular weight excluding hydrogens is 793 g/mol. The Morgan fingerprint density at radius 1 is 0.508 bits per heavy atom. The molecule has 1 aliphatic rings. The van der Waals surface area contributed by atoms with Crippen molar-refractivity contribution in [1.29, 1.82) is 0 Å². The van der Waals surface area contributed by atoms with Gasteiger partial charge in [0.05, 0.1) is 6.33 Å². The van der Waals surface area contributed by atoms with Crippen LogP contribution in [-0.2, 0) is 33.3 Å². The molecule has 0 N–H and O–H groups in total. The van der Waals surface area contributed by atoms with Gasteiger partial charge >= 0.3 is 17.9 Å². The van der Waals surface area contributed by atoms with E-state index in [9.17, 15) is 14.4 Å². The average Bonchev–Trinajstić information content (AvgIpc) is 3.89. The molecule has 1 aliphatic heterocycles. The highest BCUT2D eigenvalue weighted by Crippen LogP contribution is 2.56. The highest BCUT2D eigenvalue weighted by molar-refractivity contribution is 6.16. The Morgan fingerprint density at radius 3 is 1.30 bits per heavy atom. The SMILES string of the molecule is CC(=O)OC[C@H]1O[C@@H](n2cnc3c(-c4c(-c5ccccc5)c(-c5ccccc5)c(-c5ccccc5)c(-c5ccccc5)c4-c4ccccc4)ncnc32)[C@H](OC(C)=O)[C@@H]1OC(C)=O. The van der Waals surface area contributed by atoms with Crippen LogP contribution in [0.4, 0.5) is 0 Å². The molecule has 0 saturated carbocycles. The Labute approximate surface area is 363 Å². The van der Waals surface area contributed by atoms with E-state index in [1.165, 1.54) is 27.1 Å². The van der Waals surface area contributed by atoms with Gasteiger partial charge in [-0.05, 0) is 44.5 Å². The van der Waals surface area contributed by atoms with E-state index in [1.807, 2.05) is 54.6 Å². The molecule has 9 rings (SSSR count). The highest BCUT2D eigenvalue weighted by Gasteiger charge is 2.51.